The summed E-state index contributed by atoms with van der Waals surface area (Å²) in [4.78, 5) is 2.31. The molecule has 0 atom stereocenters. The largest absolute Gasteiger partial charge is 0.496 e. The van der Waals surface area contributed by atoms with Crippen LogP contribution >= 0.6 is 0 Å². The minimum Gasteiger partial charge on any atom is -0.496 e. The number of H-pyrrole nitrogens is 1. The number of nitrogens with two attached hydrogens (primary N) is 2. The lowest BCUT2D eigenvalue weighted by Crippen LogP contribution is -2.35. The Labute approximate surface area is 139 Å². The van der Waals surface area contributed by atoms with Gasteiger partial charge in [0.2, 0.25) is 0 Å². The van der Waals surface area contributed by atoms with Crippen LogP contribution in [-0.4, -0.2) is 48.5 Å². The highest BCUT2D eigenvalue weighted by Gasteiger charge is 2.14. The lowest BCUT2D eigenvalue weighted by Gasteiger charge is -2.27. The van der Waals surface area contributed by atoms with Gasteiger partial charge in [0.05, 0.1) is 26.0 Å². The number of anilines is 2. The number of benzene rings is 1. The molecule has 9 nitrogen and oxygen atoms in total. The summed E-state index contributed by atoms with van der Waals surface area (Å²) in [6.07, 6.45) is 0. The number of nitrogens with one attached hydrogen (secondary N) is 1. The maximum Gasteiger partial charge on any atom is 0.175 e. The third kappa shape index (κ3) is 3.63. The number of nitrogen functional groups attached to an aromatic ring is 2. The summed E-state index contributed by atoms with van der Waals surface area (Å²) in [7, 11) is 1.66. The Hall–Kier alpha value is -2.65. The predicted octanol–water partition coefficient (Wildman–Crippen LogP) is 1.83. The van der Waals surface area contributed by atoms with Crippen molar-refractivity contribution in [1.29, 1.82) is 0 Å². The van der Waals surface area contributed by atoms with Gasteiger partial charge in [0.1, 0.15) is 11.6 Å². The van der Waals surface area contributed by atoms with Gasteiger partial charge in [-0.15, -0.1) is 5.11 Å². The van der Waals surface area contributed by atoms with Gasteiger partial charge in [0, 0.05) is 25.2 Å². The van der Waals surface area contributed by atoms with Gasteiger partial charge in [-0.25, -0.2) is 0 Å². The summed E-state index contributed by atoms with van der Waals surface area (Å²) in [6, 6.07) is 5.66. The molecule has 1 aromatic heterocycles. The van der Waals surface area contributed by atoms with Crippen LogP contribution in [0.25, 0.3) is 0 Å². The highest BCUT2D eigenvalue weighted by molar-refractivity contribution is 5.70. The summed E-state index contributed by atoms with van der Waals surface area (Å²) in [5.74, 6) is 1.33. The normalized spacial score (nSPS) is 15.9. The van der Waals surface area contributed by atoms with Gasteiger partial charge in [0.15, 0.2) is 11.5 Å². The number of rotatable bonds is 5. The van der Waals surface area contributed by atoms with Crippen molar-refractivity contribution in [3.8, 4) is 5.75 Å². The lowest BCUT2D eigenvalue weighted by atomic mass is 10.1. The van der Waals surface area contributed by atoms with E-state index < -0.39 is 0 Å². The van der Waals surface area contributed by atoms with Crippen LogP contribution in [0.2, 0.25) is 0 Å². The molecular weight excluding hydrogens is 310 g/mol. The third-order valence-electron chi connectivity index (χ3n) is 3.82. The van der Waals surface area contributed by atoms with Gasteiger partial charge >= 0.3 is 0 Å². The molecule has 1 saturated heterocycles. The summed E-state index contributed by atoms with van der Waals surface area (Å²) >= 11 is 0. The Morgan fingerprint density at radius 2 is 2.08 bits per heavy atom. The van der Waals surface area contributed by atoms with Crippen LogP contribution in [0.1, 0.15) is 5.56 Å². The van der Waals surface area contributed by atoms with Crippen molar-refractivity contribution in [2.24, 2.45) is 10.2 Å². The molecule has 0 bridgehead atoms. The van der Waals surface area contributed by atoms with Crippen LogP contribution in [0.15, 0.2) is 28.4 Å². The van der Waals surface area contributed by atoms with E-state index in [-0.39, 0.29) is 5.82 Å². The molecular formula is C15H21N7O2. The smallest absolute Gasteiger partial charge is 0.175 e. The maximum atomic E-state index is 5.71. The van der Waals surface area contributed by atoms with E-state index in [0.29, 0.717) is 17.2 Å². The van der Waals surface area contributed by atoms with Crippen LogP contribution < -0.4 is 16.2 Å². The highest BCUT2D eigenvalue weighted by Crippen LogP contribution is 2.30. The molecule has 128 valence electrons. The zero-order chi connectivity index (χ0) is 16.9. The topological polar surface area (TPSA) is 127 Å². The van der Waals surface area contributed by atoms with Gasteiger partial charge in [-0.05, 0) is 18.2 Å². The van der Waals surface area contributed by atoms with Gasteiger partial charge in [0.25, 0.3) is 0 Å². The molecule has 0 radical (unpaired) electrons. The zero-order valence-corrected chi connectivity index (χ0v) is 13.5. The van der Waals surface area contributed by atoms with Gasteiger partial charge < -0.3 is 20.9 Å². The Bertz CT molecular complexity index is 703. The minimum absolute atomic E-state index is 0.221. The first-order valence-electron chi connectivity index (χ1n) is 7.65. The molecule has 9 heteroatoms. The first-order valence-corrected chi connectivity index (χ1v) is 7.65. The molecule has 0 saturated carbocycles. The minimum atomic E-state index is 0.221. The van der Waals surface area contributed by atoms with E-state index in [1.807, 2.05) is 18.2 Å². The second kappa shape index (κ2) is 7.28. The van der Waals surface area contributed by atoms with Crippen LogP contribution in [0.3, 0.4) is 0 Å². The summed E-state index contributed by atoms with van der Waals surface area (Å²) < 4.78 is 10.8. The molecule has 24 heavy (non-hydrogen) atoms. The van der Waals surface area contributed by atoms with Gasteiger partial charge in [-0.2, -0.15) is 10.2 Å². The fourth-order valence-corrected chi connectivity index (χ4v) is 2.53. The van der Waals surface area contributed by atoms with Gasteiger partial charge in [-0.1, -0.05) is 0 Å². The van der Waals surface area contributed by atoms with Crippen molar-refractivity contribution in [3.05, 3.63) is 23.8 Å². The third-order valence-corrected chi connectivity index (χ3v) is 3.82. The van der Waals surface area contributed by atoms with Gasteiger partial charge in [-0.3, -0.25) is 10.00 Å². The number of azo groups is 1. The zero-order valence-electron chi connectivity index (χ0n) is 13.5. The average Bonchev–Trinajstić information content (AvgIpc) is 2.92. The molecule has 1 aliphatic rings. The second-order valence-electron chi connectivity index (χ2n) is 5.46. The van der Waals surface area contributed by atoms with Crippen molar-refractivity contribution in [1.82, 2.24) is 15.1 Å². The number of methoxy groups -OCH3 is 1. The molecule has 0 amide bonds. The van der Waals surface area contributed by atoms with Crippen molar-refractivity contribution >= 4 is 23.0 Å². The number of morpholine rings is 1. The van der Waals surface area contributed by atoms with E-state index in [9.17, 15) is 0 Å². The van der Waals surface area contributed by atoms with E-state index in [1.165, 1.54) is 0 Å². The quantitative estimate of drug-likeness (QED) is 0.717. The number of nitrogens with zero attached hydrogens (tertiary/aromatic N) is 4. The molecule has 0 spiro atoms. The Kier molecular flexibility index (Phi) is 4.92. The molecule has 1 aromatic carbocycles. The van der Waals surface area contributed by atoms with E-state index in [0.717, 1.165) is 44.2 Å². The Morgan fingerprint density at radius 1 is 1.29 bits per heavy atom. The fourth-order valence-electron chi connectivity index (χ4n) is 2.53. The summed E-state index contributed by atoms with van der Waals surface area (Å²) in [5.41, 5.74) is 13.5. The maximum absolute atomic E-state index is 5.71. The summed E-state index contributed by atoms with van der Waals surface area (Å²) in [6.45, 7) is 4.07. The number of aromatic amines is 1. The molecule has 0 aliphatic carbocycles. The van der Waals surface area contributed by atoms with Crippen LogP contribution in [0, 0.1) is 0 Å². The molecule has 0 unspecified atom stereocenters. The molecule has 2 aromatic rings. The van der Waals surface area contributed by atoms with E-state index >= 15 is 0 Å². The van der Waals surface area contributed by atoms with Crippen molar-refractivity contribution in [2.45, 2.75) is 6.54 Å². The first kappa shape index (κ1) is 16.2. The summed E-state index contributed by atoms with van der Waals surface area (Å²) in [5, 5.41) is 14.6. The molecule has 1 aliphatic heterocycles. The fraction of sp³-hybridized carbons (Fsp3) is 0.400. The first-order chi connectivity index (χ1) is 11.7. The molecule has 5 N–H and O–H groups in total. The number of ether oxygens (including phenoxy) is 2. The number of aromatic nitrogens is 2. The van der Waals surface area contributed by atoms with Crippen LogP contribution in [0.5, 0.6) is 5.75 Å². The number of hydrogen-bond acceptors (Lipinski definition) is 8. The highest BCUT2D eigenvalue weighted by atomic mass is 16.5. The van der Waals surface area contributed by atoms with E-state index in [2.05, 4.69) is 25.3 Å². The van der Waals surface area contributed by atoms with Crippen molar-refractivity contribution < 1.29 is 9.47 Å². The van der Waals surface area contributed by atoms with Crippen LogP contribution in [-0.2, 0) is 11.3 Å². The monoisotopic (exact) mass is 331 g/mol. The Balaban J connectivity index is 1.80. The predicted molar refractivity (Wildman–Crippen MR) is 90.7 cm³/mol. The average molecular weight is 331 g/mol. The van der Waals surface area contributed by atoms with Crippen molar-refractivity contribution in [2.75, 3.05) is 44.9 Å². The molecule has 2 heterocycles. The van der Waals surface area contributed by atoms with E-state index in [4.69, 9.17) is 20.9 Å². The van der Waals surface area contributed by atoms with Crippen molar-refractivity contribution in [3.63, 3.8) is 0 Å². The standard InChI is InChI=1S/C15H21N7O2/c1-23-12-3-2-11(18-19-13-14(16)20-21-15(13)17)8-10(12)9-22-4-6-24-7-5-22/h2-3,8H,4-7,9H2,1H3,(H5,16,17,20,21). The lowest BCUT2D eigenvalue weighted by molar-refractivity contribution is 0.0339. The molecule has 3 rings (SSSR count). The Morgan fingerprint density at radius 3 is 2.75 bits per heavy atom. The van der Waals surface area contributed by atoms with E-state index in [1.54, 1.807) is 7.11 Å². The molecule has 1 fully saturated rings. The van der Waals surface area contributed by atoms with Crippen LogP contribution in [0.4, 0.5) is 23.0 Å². The SMILES string of the molecule is COc1ccc(N=Nc2c(N)n[nH]c2N)cc1CN1CCOCC1. The second-order valence-corrected chi connectivity index (χ2v) is 5.46. The number of hydrogen-bond donors (Lipinski definition) is 3.